The van der Waals surface area contributed by atoms with E-state index in [1.165, 1.54) is 18.3 Å². The molecule has 2 aliphatic rings. The van der Waals surface area contributed by atoms with Crippen molar-refractivity contribution in [3.05, 3.63) is 76.9 Å². The van der Waals surface area contributed by atoms with Crippen LogP contribution in [0, 0.1) is 29.9 Å². The van der Waals surface area contributed by atoms with Crippen LogP contribution in [0.5, 0.6) is 0 Å². The standard InChI is InChI=1S/C26H24F2N6O/c1-16-6-17(7-21(11-29)33-16)12-31-25(35)23-14-30-13-22(18-8-19(27)10-20(28)9-18)24(23)34-5-3-26(15-34)2-4-32-26/h6-10,13-14,32H,2-5,12,15H2,1H3,(H,31,35). The number of halogens is 2. The highest BCUT2D eigenvalue weighted by Crippen LogP contribution is 2.40. The fourth-order valence-electron chi connectivity index (χ4n) is 4.95. The number of aryl methyl sites for hydroxylation is 1. The lowest BCUT2D eigenvalue weighted by molar-refractivity contribution is 0.0951. The quantitative estimate of drug-likeness (QED) is 0.588. The smallest absolute Gasteiger partial charge is 0.255 e. The fourth-order valence-corrected chi connectivity index (χ4v) is 4.95. The molecule has 2 aliphatic heterocycles. The lowest BCUT2D eigenvalue weighted by Crippen LogP contribution is -2.58. The molecule has 5 rings (SSSR count). The van der Waals surface area contributed by atoms with Crippen LogP contribution in [0.3, 0.4) is 0 Å². The van der Waals surface area contributed by atoms with Gasteiger partial charge < -0.3 is 15.5 Å². The van der Waals surface area contributed by atoms with Crippen LogP contribution in [-0.2, 0) is 6.54 Å². The SMILES string of the molecule is Cc1cc(CNC(=O)c2cncc(-c3cc(F)cc(F)c3)c2N2CCC3(CCN3)C2)cc(C#N)n1. The molecule has 35 heavy (non-hydrogen) atoms. The number of amides is 1. The molecule has 1 unspecified atom stereocenters. The van der Waals surface area contributed by atoms with Crippen molar-refractivity contribution in [3.8, 4) is 17.2 Å². The Labute approximate surface area is 201 Å². The number of benzene rings is 1. The van der Waals surface area contributed by atoms with Gasteiger partial charge in [-0.15, -0.1) is 0 Å². The second-order valence-electron chi connectivity index (χ2n) is 9.17. The maximum absolute atomic E-state index is 14.1. The Kier molecular flexibility index (Phi) is 5.91. The molecular formula is C26H24F2N6O. The van der Waals surface area contributed by atoms with E-state index in [0.29, 0.717) is 41.2 Å². The Morgan fingerprint density at radius 1 is 1.20 bits per heavy atom. The van der Waals surface area contributed by atoms with E-state index < -0.39 is 11.6 Å². The number of aromatic nitrogens is 2. The number of carbonyl (C=O) groups is 1. The first kappa shape index (κ1) is 22.9. The summed E-state index contributed by atoms with van der Waals surface area (Å²) in [7, 11) is 0. The molecule has 0 aliphatic carbocycles. The van der Waals surface area contributed by atoms with Crippen molar-refractivity contribution < 1.29 is 13.6 Å². The Hall–Kier alpha value is -3.90. The van der Waals surface area contributed by atoms with Crippen LogP contribution < -0.4 is 15.5 Å². The van der Waals surface area contributed by atoms with Crippen molar-refractivity contribution in [1.82, 2.24) is 20.6 Å². The van der Waals surface area contributed by atoms with Gasteiger partial charge in [0.15, 0.2) is 0 Å². The summed E-state index contributed by atoms with van der Waals surface area (Å²) in [6, 6.07) is 8.78. The highest BCUT2D eigenvalue weighted by atomic mass is 19.1. The van der Waals surface area contributed by atoms with E-state index in [2.05, 4.69) is 25.5 Å². The fraction of sp³-hybridized carbons (Fsp3) is 0.308. The third kappa shape index (κ3) is 4.57. The zero-order valence-corrected chi connectivity index (χ0v) is 19.2. The number of nitriles is 1. The van der Waals surface area contributed by atoms with Crippen LogP contribution in [0.4, 0.5) is 14.5 Å². The number of hydrogen-bond acceptors (Lipinski definition) is 6. The summed E-state index contributed by atoms with van der Waals surface area (Å²) < 4.78 is 28.2. The number of hydrogen-bond donors (Lipinski definition) is 2. The molecule has 2 N–H and O–H groups in total. The third-order valence-electron chi connectivity index (χ3n) is 6.69. The summed E-state index contributed by atoms with van der Waals surface area (Å²) in [5.41, 5.74) is 3.47. The molecular weight excluding hydrogens is 450 g/mol. The number of anilines is 1. The summed E-state index contributed by atoms with van der Waals surface area (Å²) in [5, 5.41) is 15.6. The van der Waals surface area contributed by atoms with Crippen molar-refractivity contribution in [2.45, 2.75) is 31.8 Å². The van der Waals surface area contributed by atoms with Gasteiger partial charge in [0.25, 0.3) is 5.91 Å². The number of pyridine rings is 2. The van der Waals surface area contributed by atoms with Crippen LogP contribution in [0.15, 0.2) is 42.7 Å². The van der Waals surface area contributed by atoms with Gasteiger partial charge in [0, 0.05) is 54.9 Å². The summed E-state index contributed by atoms with van der Waals surface area (Å²) in [6.07, 6.45) is 5.00. The Morgan fingerprint density at radius 2 is 1.97 bits per heavy atom. The molecule has 2 fully saturated rings. The molecule has 1 aromatic carbocycles. The van der Waals surface area contributed by atoms with Crippen LogP contribution in [0.1, 0.15) is 40.2 Å². The van der Waals surface area contributed by atoms with Crippen molar-refractivity contribution in [2.24, 2.45) is 0 Å². The Balaban J connectivity index is 1.51. The minimum absolute atomic E-state index is 0.00371. The first-order valence-corrected chi connectivity index (χ1v) is 11.5. The van der Waals surface area contributed by atoms with E-state index in [4.69, 9.17) is 0 Å². The van der Waals surface area contributed by atoms with Gasteiger partial charge in [-0.25, -0.2) is 13.8 Å². The molecule has 2 aromatic heterocycles. The maximum Gasteiger partial charge on any atom is 0.255 e. The van der Waals surface area contributed by atoms with Gasteiger partial charge in [-0.3, -0.25) is 9.78 Å². The van der Waals surface area contributed by atoms with Gasteiger partial charge in [0.2, 0.25) is 0 Å². The summed E-state index contributed by atoms with van der Waals surface area (Å²) in [6.45, 7) is 4.33. The summed E-state index contributed by atoms with van der Waals surface area (Å²) in [4.78, 5) is 23.8. The van der Waals surface area contributed by atoms with Crippen LogP contribution in [0.25, 0.3) is 11.1 Å². The van der Waals surface area contributed by atoms with Gasteiger partial charge in [0.05, 0.1) is 11.3 Å². The minimum Gasteiger partial charge on any atom is -0.368 e. The molecule has 7 nitrogen and oxygen atoms in total. The summed E-state index contributed by atoms with van der Waals surface area (Å²) in [5.74, 6) is -1.75. The highest BCUT2D eigenvalue weighted by molar-refractivity contribution is 6.03. The normalized spacial score (nSPS) is 18.9. The topological polar surface area (TPSA) is 93.9 Å². The third-order valence-corrected chi connectivity index (χ3v) is 6.69. The van der Waals surface area contributed by atoms with Crippen molar-refractivity contribution >= 4 is 11.6 Å². The van der Waals surface area contributed by atoms with E-state index in [1.807, 2.05) is 6.07 Å². The van der Waals surface area contributed by atoms with E-state index in [0.717, 1.165) is 31.0 Å². The zero-order chi connectivity index (χ0) is 24.6. The number of nitrogens with zero attached hydrogens (tertiary/aromatic N) is 4. The first-order chi connectivity index (χ1) is 16.9. The lowest BCUT2D eigenvalue weighted by Gasteiger charge is -2.40. The molecule has 1 amide bonds. The van der Waals surface area contributed by atoms with Crippen molar-refractivity contribution in [1.29, 1.82) is 5.26 Å². The van der Waals surface area contributed by atoms with Gasteiger partial charge in [0.1, 0.15) is 23.4 Å². The predicted molar refractivity (Wildman–Crippen MR) is 127 cm³/mol. The average Bonchev–Trinajstić information content (AvgIpc) is 3.27. The largest absolute Gasteiger partial charge is 0.368 e. The highest BCUT2D eigenvalue weighted by Gasteiger charge is 2.43. The Bertz CT molecular complexity index is 1330. The molecule has 178 valence electrons. The predicted octanol–water partition coefficient (Wildman–Crippen LogP) is 3.47. The molecule has 1 spiro atoms. The molecule has 2 saturated heterocycles. The number of rotatable bonds is 5. The van der Waals surface area contributed by atoms with Gasteiger partial charge in [-0.2, -0.15) is 5.26 Å². The van der Waals surface area contributed by atoms with E-state index in [9.17, 15) is 18.8 Å². The van der Waals surface area contributed by atoms with Crippen molar-refractivity contribution in [3.63, 3.8) is 0 Å². The average molecular weight is 475 g/mol. The summed E-state index contributed by atoms with van der Waals surface area (Å²) >= 11 is 0. The van der Waals surface area contributed by atoms with Crippen LogP contribution in [-0.4, -0.2) is 41.0 Å². The van der Waals surface area contributed by atoms with Gasteiger partial charge >= 0.3 is 0 Å². The Morgan fingerprint density at radius 3 is 2.63 bits per heavy atom. The van der Waals surface area contributed by atoms with Crippen LogP contribution >= 0.6 is 0 Å². The molecule has 0 bridgehead atoms. The maximum atomic E-state index is 14.1. The molecule has 0 saturated carbocycles. The van der Waals surface area contributed by atoms with Crippen LogP contribution in [0.2, 0.25) is 0 Å². The minimum atomic E-state index is -0.694. The lowest BCUT2D eigenvalue weighted by atomic mass is 9.87. The van der Waals surface area contributed by atoms with E-state index in [1.54, 1.807) is 25.3 Å². The number of carbonyl (C=O) groups excluding carboxylic acids is 1. The molecule has 4 heterocycles. The molecule has 3 aromatic rings. The van der Waals surface area contributed by atoms with Gasteiger partial charge in [-0.05, 0) is 61.7 Å². The monoisotopic (exact) mass is 474 g/mol. The van der Waals surface area contributed by atoms with Crippen molar-refractivity contribution in [2.75, 3.05) is 24.5 Å². The van der Waals surface area contributed by atoms with E-state index >= 15 is 0 Å². The molecule has 9 heteroatoms. The molecule has 0 radical (unpaired) electrons. The first-order valence-electron chi connectivity index (χ1n) is 11.5. The van der Waals surface area contributed by atoms with Gasteiger partial charge in [-0.1, -0.05) is 0 Å². The zero-order valence-electron chi connectivity index (χ0n) is 19.2. The second-order valence-corrected chi connectivity index (χ2v) is 9.17. The van der Waals surface area contributed by atoms with E-state index in [-0.39, 0.29) is 23.7 Å². The molecule has 1 atom stereocenters. The number of nitrogens with one attached hydrogen (secondary N) is 2. The second kappa shape index (κ2) is 9.04.